The summed E-state index contributed by atoms with van der Waals surface area (Å²) in [5, 5.41) is 3.28. The molecule has 2 rings (SSSR count). The molecule has 10 heteroatoms. The van der Waals surface area contributed by atoms with Gasteiger partial charge < -0.3 is 32.2 Å². The van der Waals surface area contributed by atoms with Gasteiger partial charge in [0.1, 0.15) is 17.3 Å². The lowest BCUT2D eigenvalue weighted by Gasteiger charge is -2.12. The third kappa shape index (κ3) is 3.95. The Morgan fingerprint density at radius 2 is 2.29 bits per heavy atom. The molecule has 1 aromatic rings. The summed E-state index contributed by atoms with van der Waals surface area (Å²) in [6.45, 7) is 1.68. The van der Waals surface area contributed by atoms with Crippen LogP contribution in [-0.2, 0) is 4.74 Å². The molecule has 1 aromatic heterocycles. The van der Waals surface area contributed by atoms with E-state index < -0.39 is 6.09 Å². The number of nitrogens with one attached hydrogen (secondary N) is 1. The number of aromatic nitrogens is 1. The first-order chi connectivity index (χ1) is 9.97. The van der Waals surface area contributed by atoms with E-state index in [1.165, 1.54) is 11.3 Å². The van der Waals surface area contributed by atoms with Gasteiger partial charge in [-0.3, -0.25) is 4.79 Å². The van der Waals surface area contributed by atoms with Crippen LogP contribution in [0, 0.1) is 0 Å². The number of nitrogen functional groups attached to an aromatic ring is 1. The number of primary amides is 1. The molecular formula is C11H18N6O3S. The van der Waals surface area contributed by atoms with Crippen LogP contribution in [0.25, 0.3) is 0 Å². The van der Waals surface area contributed by atoms with Crippen LogP contribution >= 0.6 is 11.3 Å². The zero-order valence-corrected chi connectivity index (χ0v) is 12.2. The number of hydrogen-bond acceptors (Lipinski definition) is 8. The molecule has 0 saturated carbocycles. The van der Waals surface area contributed by atoms with E-state index in [-0.39, 0.29) is 30.9 Å². The van der Waals surface area contributed by atoms with Gasteiger partial charge in [0, 0.05) is 19.1 Å². The number of nitrogens with two attached hydrogens (primary N) is 3. The average Bonchev–Trinajstić information content (AvgIpc) is 3.00. The summed E-state index contributed by atoms with van der Waals surface area (Å²) in [7, 11) is 0. The fourth-order valence-electron chi connectivity index (χ4n) is 1.98. The quantitative estimate of drug-likeness (QED) is 0.514. The van der Waals surface area contributed by atoms with Crippen LogP contribution in [0.3, 0.4) is 0 Å². The van der Waals surface area contributed by atoms with Gasteiger partial charge in [-0.25, -0.2) is 9.78 Å². The van der Waals surface area contributed by atoms with E-state index in [1.54, 1.807) is 0 Å². The molecule has 1 fully saturated rings. The van der Waals surface area contributed by atoms with E-state index in [9.17, 15) is 9.59 Å². The summed E-state index contributed by atoms with van der Waals surface area (Å²) in [5.74, 6) is -0.170. The summed E-state index contributed by atoms with van der Waals surface area (Å²) in [4.78, 5) is 28.9. The van der Waals surface area contributed by atoms with Gasteiger partial charge in [-0.15, -0.1) is 0 Å². The number of nitrogens with zero attached hydrogens (tertiary/aromatic N) is 2. The molecule has 0 radical (unpaired) electrons. The van der Waals surface area contributed by atoms with Crippen molar-refractivity contribution in [3.05, 3.63) is 4.88 Å². The fraction of sp³-hybridized carbons (Fsp3) is 0.545. The minimum atomic E-state index is -0.880. The molecule has 1 atom stereocenters. The van der Waals surface area contributed by atoms with Gasteiger partial charge in [0.25, 0.3) is 5.91 Å². The summed E-state index contributed by atoms with van der Waals surface area (Å²) in [5.41, 5.74) is 16.4. The zero-order valence-electron chi connectivity index (χ0n) is 11.4. The van der Waals surface area contributed by atoms with Crippen molar-refractivity contribution in [1.29, 1.82) is 0 Å². The largest absolute Gasteiger partial charge is 0.448 e. The van der Waals surface area contributed by atoms with E-state index in [0.717, 1.165) is 13.0 Å². The van der Waals surface area contributed by atoms with Crippen molar-refractivity contribution in [2.24, 2.45) is 11.5 Å². The Bertz CT molecular complexity index is 534. The molecule has 116 valence electrons. The van der Waals surface area contributed by atoms with Crippen LogP contribution in [0.4, 0.5) is 15.7 Å². The average molecular weight is 314 g/mol. The van der Waals surface area contributed by atoms with E-state index in [1.807, 2.05) is 4.90 Å². The van der Waals surface area contributed by atoms with Crippen molar-refractivity contribution in [2.75, 3.05) is 36.9 Å². The third-order valence-electron chi connectivity index (χ3n) is 2.98. The number of anilines is 2. The Labute approximate surface area is 125 Å². The second-order valence-electron chi connectivity index (χ2n) is 4.63. The maximum Gasteiger partial charge on any atom is 0.404 e. The number of carbonyl (C=O) groups is 2. The van der Waals surface area contributed by atoms with Crippen LogP contribution < -0.4 is 27.4 Å². The standard InChI is InChI=1S/C11H18N6O3S/c12-6-1-3-17(5-6)11-16-8(13)7(21-11)9(18)15-2-4-20-10(14)19/h6H,1-5,12-13H2,(H2,14,19)(H,15,18). The Morgan fingerprint density at radius 3 is 2.90 bits per heavy atom. The molecule has 9 nitrogen and oxygen atoms in total. The van der Waals surface area contributed by atoms with E-state index in [4.69, 9.17) is 17.2 Å². The maximum atomic E-state index is 12.0. The summed E-state index contributed by atoms with van der Waals surface area (Å²) in [6.07, 6.45) is 0.0140. The highest BCUT2D eigenvalue weighted by molar-refractivity contribution is 7.18. The molecule has 0 spiro atoms. The number of thiazole rings is 1. The van der Waals surface area contributed by atoms with Crippen molar-refractivity contribution in [3.8, 4) is 0 Å². The first-order valence-corrected chi connectivity index (χ1v) is 7.26. The molecule has 1 aliphatic rings. The van der Waals surface area contributed by atoms with Crippen LogP contribution in [-0.4, -0.2) is 49.3 Å². The number of ether oxygens (including phenoxy) is 1. The highest BCUT2D eigenvalue weighted by Crippen LogP contribution is 2.30. The van der Waals surface area contributed by atoms with E-state index >= 15 is 0 Å². The van der Waals surface area contributed by atoms with Crippen molar-refractivity contribution < 1.29 is 14.3 Å². The SMILES string of the molecule is NC(=O)OCCNC(=O)c1sc(N2CCC(N)C2)nc1N. The Hall–Kier alpha value is -2.07. The summed E-state index contributed by atoms with van der Waals surface area (Å²) in [6, 6.07) is 0.123. The predicted molar refractivity (Wildman–Crippen MR) is 79.2 cm³/mol. The lowest BCUT2D eigenvalue weighted by Crippen LogP contribution is -2.29. The summed E-state index contributed by atoms with van der Waals surface area (Å²) >= 11 is 1.22. The normalized spacial score (nSPS) is 17.8. The van der Waals surface area contributed by atoms with Crippen molar-refractivity contribution >= 4 is 34.3 Å². The van der Waals surface area contributed by atoms with Crippen LogP contribution in [0.15, 0.2) is 0 Å². The Balaban J connectivity index is 1.92. The van der Waals surface area contributed by atoms with Gasteiger partial charge in [-0.2, -0.15) is 0 Å². The number of hydrogen-bond donors (Lipinski definition) is 4. The number of amides is 2. The van der Waals surface area contributed by atoms with Crippen LogP contribution in [0.1, 0.15) is 16.1 Å². The van der Waals surface area contributed by atoms with Crippen LogP contribution in [0.2, 0.25) is 0 Å². The zero-order chi connectivity index (χ0) is 15.4. The van der Waals surface area contributed by atoms with E-state index in [0.29, 0.717) is 16.6 Å². The Kier molecular flexibility index (Phi) is 4.81. The second-order valence-corrected chi connectivity index (χ2v) is 5.61. The highest BCUT2D eigenvalue weighted by Gasteiger charge is 2.24. The maximum absolute atomic E-state index is 12.0. The molecule has 21 heavy (non-hydrogen) atoms. The Morgan fingerprint density at radius 1 is 1.52 bits per heavy atom. The van der Waals surface area contributed by atoms with Gasteiger partial charge in [-0.1, -0.05) is 11.3 Å². The predicted octanol–water partition coefficient (Wildman–Crippen LogP) is -0.912. The molecule has 0 aliphatic carbocycles. The lowest BCUT2D eigenvalue weighted by atomic mass is 10.3. The van der Waals surface area contributed by atoms with Gasteiger partial charge in [0.2, 0.25) is 0 Å². The molecule has 2 amide bonds. The fourth-order valence-corrected chi connectivity index (χ4v) is 2.91. The molecule has 1 aliphatic heterocycles. The first kappa shape index (κ1) is 15.3. The van der Waals surface area contributed by atoms with Crippen molar-refractivity contribution in [3.63, 3.8) is 0 Å². The molecule has 7 N–H and O–H groups in total. The highest BCUT2D eigenvalue weighted by atomic mass is 32.1. The van der Waals surface area contributed by atoms with Gasteiger partial charge in [0.15, 0.2) is 5.13 Å². The van der Waals surface area contributed by atoms with Gasteiger partial charge in [-0.05, 0) is 6.42 Å². The van der Waals surface area contributed by atoms with Gasteiger partial charge in [0.05, 0.1) is 6.54 Å². The van der Waals surface area contributed by atoms with Crippen molar-refractivity contribution in [2.45, 2.75) is 12.5 Å². The van der Waals surface area contributed by atoms with Crippen LogP contribution in [0.5, 0.6) is 0 Å². The van der Waals surface area contributed by atoms with Gasteiger partial charge >= 0.3 is 6.09 Å². The molecule has 2 heterocycles. The number of rotatable bonds is 5. The first-order valence-electron chi connectivity index (χ1n) is 6.44. The van der Waals surface area contributed by atoms with Crippen molar-refractivity contribution in [1.82, 2.24) is 10.3 Å². The minimum Gasteiger partial charge on any atom is -0.448 e. The minimum absolute atomic E-state index is 0.00756. The molecule has 0 aromatic carbocycles. The summed E-state index contributed by atoms with van der Waals surface area (Å²) < 4.78 is 4.52. The monoisotopic (exact) mass is 314 g/mol. The molecule has 1 unspecified atom stereocenters. The molecule has 1 saturated heterocycles. The molecular weight excluding hydrogens is 296 g/mol. The third-order valence-corrected chi connectivity index (χ3v) is 4.11. The van der Waals surface area contributed by atoms with E-state index in [2.05, 4.69) is 15.0 Å². The number of carbonyl (C=O) groups excluding carboxylic acids is 2. The lowest BCUT2D eigenvalue weighted by molar-refractivity contribution is 0.0941. The smallest absolute Gasteiger partial charge is 0.404 e. The topological polar surface area (TPSA) is 150 Å². The second kappa shape index (κ2) is 6.59. The molecule has 0 bridgehead atoms.